The number of hydrogen-bond donors (Lipinski definition) is 1. The zero-order valence-corrected chi connectivity index (χ0v) is 16.7. The van der Waals surface area contributed by atoms with E-state index in [0.717, 1.165) is 55.4 Å². The molecule has 1 spiro atoms. The van der Waals surface area contributed by atoms with E-state index in [4.69, 9.17) is 4.74 Å². The van der Waals surface area contributed by atoms with E-state index < -0.39 is 0 Å². The monoisotopic (exact) mass is 381 g/mol. The average molecular weight is 382 g/mol. The summed E-state index contributed by atoms with van der Waals surface area (Å²) < 4.78 is 6.36. The van der Waals surface area contributed by atoms with Gasteiger partial charge in [-0.15, -0.1) is 0 Å². The molecule has 2 atom stereocenters. The molecule has 1 amide bonds. The summed E-state index contributed by atoms with van der Waals surface area (Å²) in [6.07, 6.45) is 8.40. The summed E-state index contributed by atoms with van der Waals surface area (Å²) in [6, 6.07) is 8.21. The summed E-state index contributed by atoms with van der Waals surface area (Å²) in [5.41, 5.74) is 2.10. The van der Waals surface area contributed by atoms with E-state index in [0.29, 0.717) is 12.3 Å². The van der Waals surface area contributed by atoms with Crippen molar-refractivity contribution in [3.8, 4) is 0 Å². The Morgan fingerprint density at radius 2 is 2.04 bits per heavy atom. The van der Waals surface area contributed by atoms with Gasteiger partial charge in [0.15, 0.2) is 0 Å². The Kier molecular flexibility index (Phi) is 4.89. The van der Waals surface area contributed by atoms with Crippen LogP contribution in [0.1, 0.15) is 37.7 Å². The van der Waals surface area contributed by atoms with Gasteiger partial charge in [-0.1, -0.05) is 18.2 Å². The Morgan fingerprint density at radius 3 is 2.93 bits per heavy atom. The van der Waals surface area contributed by atoms with Crippen molar-refractivity contribution >= 4 is 16.8 Å². The number of fused-ring (bicyclic) bond motifs is 1. The number of H-pyrrole nitrogens is 1. The van der Waals surface area contributed by atoms with Crippen molar-refractivity contribution in [2.45, 2.75) is 44.1 Å². The number of benzene rings is 1. The fraction of sp³-hybridized carbons (Fsp3) is 0.609. The first-order chi connectivity index (χ1) is 13.7. The van der Waals surface area contributed by atoms with E-state index in [-0.39, 0.29) is 11.5 Å². The van der Waals surface area contributed by atoms with Gasteiger partial charge in [-0.2, -0.15) is 0 Å². The zero-order chi connectivity index (χ0) is 19.0. The Bertz CT molecular complexity index is 841. The molecule has 5 rings (SSSR count). The molecule has 0 bridgehead atoms. The lowest BCUT2D eigenvalue weighted by atomic mass is 9.86. The van der Waals surface area contributed by atoms with Crippen LogP contribution in [0.15, 0.2) is 30.5 Å². The van der Waals surface area contributed by atoms with E-state index in [1.54, 1.807) is 0 Å². The van der Waals surface area contributed by atoms with Crippen LogP contribution in [-0.4, -0.2) is 65.6 Å². The minimum Gasteiger partial charge on any atom is -0.373 e. The van der Waals surface area contributed by atoms with Gasteiger partial charge >= 0.3 is 0 Å². The number of piperidine rings is 1. The van der Waals surface area contributed by atoms with Crippen molar-refractivity contribution < 1.29 is 9.53 Å². The first kappa shape index (κ1) is 18.2. The molecule has 150 valence electrons. The molecule has 2 aromatic rings. The Balaban J connectivity index is 1.22. The summed E-state index contributed by atoms with van der Waals surface area (Å²) in [4.78, 5) is 21.0. The maximum Gasteiger partial charge on any atom is 0.227 e. The largest absolute Gasteiger partial charge is 0.373 e. The number of amides is 1. The van der Waals surface area contributed by atoms with Crippen LogP contribution < -0.4 is 0 Å². The Morgan fingerprint density at radius 1 is 1.18 bits per heavy atom. The van der Waals surface area contributed by atoms with Crippen molar-refractivity contribution in [3.05, 3.63) is 36.0 Å². The lowest BCUT2D eigenvalue weighted by molar-refractivity contribution is -0.138. The number of hydrogen-bond acceptors (Lipinski definition) is 3. The highest BCUT2D eigenvalue weighted by molar-refractivity contribution is 5.88. The quantitative estimate of drug-likeness (QED) is 0.885. The molecule has 3 aliphatic rings. The summed E-state index contributed by atoms with van der Waals surface area (Å²) in [6.45, 7) is 6.16. The minimum atomic E-state index is -0.0987. The van der Waals surface area contributed by atoms with Crippen LogP contribution >= 0.6 is 0 Å². The van der Waals surface area contributed by atoms with Gasteiger partial charge in [-0.3, -0.25) is 4.79 Å². The standard InChI is InChI=1S/C23H31N3O2/c27-22(12-19-14-24-21-7-2-1-6-20(19)21)26-11-5-8-23(17-26)13-18(16-28-23)15-25-9-3-4-10-25/h1-2,6-7,14,18,24H,3-5,8-13,15-17H2/t18-,23-/m0/s1. The molecule has 0 radical (unpaired) electrons. The molecule has 3 saturated heterocycles. The minimum absolute atomic E-state index is 0.0987. The van der Waals surface area contributed by atoms with Gasteiger partial charge in [0.2, 0.25) is 5.91 Å². The molecule has 5 nitrogen and oxygen atoms in total. The number of nitrogens with zero attached hydrogens (tertiary/aromatic N) is 2. The van der Waals surface area contributed by atoms with Crippen LogP contribution in [0, 0.1) is 5.92 Å². The van der Waals surface area contributed by atoms with Crippen LogP contribution in [0.2, 0.25) is 0 Å². The van der Waals surface area contributed by atoms with Gasteiger partial charge in [0.05, 0.1) is 18.6 Å². The number of para-hydroxylation sites is 1. The molecule has 28 heavy (non-hydrogen) atoms. The summed E-state index contributed by atoms with van der Waals surface area (Å²) in [7, 11) is 0. The number of ether oxygens (including phenoxy) is 1. The molecule has 3 fully saturated rings. The first-order valence-electron chi connectivity index (χ1n) is 10.9. The lowest BCUT2D eigenvalue weighted by Gasteiger charge is -2.40. The molecule has 0 aliphatic carbocycles. The molecule has 3 aliphatic heterocycles. The lowest BCUT2D eigenvalue weighted by Crippen LogP contribution is -2.50. The highest BCUT2D eigenvalue weighted by atomic mass is 16.5. The van der Waals surface area contributed by atoms with Crippen molar-refractivity contribution in [2.75, 3.05) is 39.3 Å². The fourth-order valence-corrected chi connectivity index (χ4v) is 5.53. The molecule has 4 heterocycles. The number of carbonyl (C=O) groups excluding carboxylic acids is 1. The van der Waals surface area contributed by atoms with E-state index in [9.17, 15) is 4.79 Å². The van der Waals surface area contributed by atoms with Crippen molar-refractivity contribution in [1.82, 2.24) is 14.8 Å². The molecule has 1 aromatic carbocycles. The van der Waals surface area contributed by atoms with Crippen molar-refractivity contribution in [1.29, 1.82) is 0 Å². The van der Waals surface area contributed by atoms with Gasteiger partial charge in [0.1, 0.15) is 0 Å². The second-order valence-electron chi connectivity index (χ2n) is 9.03. The topological polar surface area (TPSA) is 48.6 Å². The maximum atomic E-state index is 13.1. The van der Waals surface area contributed by atoms with Crippen molar-refractivity contribution in [2.24, 2.45) is 5.92 Å². The van der Waals surface area contributed by atoms with Gasteiger partial charge in [0.25, 0.3) is 0 Å². The molecular weight excluding hydrogens is 350 g/mol. The number of likely N-dealkylation sites (tertiary alicyclic amines) is 2. The second-order valence-corrected chi connectivity index (χ2v) is 9.03. The highest BCUT2D eigenvalue weighted by Crippen LogP contribution is 2.38. The highest BCUT2D eigenvalue weighted by Gasteiger charge is 2.44. The fourth-order valence-electron chi connectivity index (χ4n) is 5.53. The Hall–Kier alpha value is -1.85. The maximum absolute atomic E-state index is 13.1. The summed E-state index contributed by atoms with van der Waals surface area (Å²) >= 11 is 0. The molecular formula is C23H31N3O2. The third-order valence-corrected chi connectivity index (χ3v) is 6.91. The normalized spacial score (nSPS) is 28.6. The number of aromatic amines is 1. The van der Waals surface area contributed by atoms with Crippen LogP contribution in [0.4, 0.5) is 0 Å². The molecule has 1 aromatic heterocycles. The molecule has 1 N–H and O–H groups in total. The summed E-state index contributed by atoms with van der Waals surface area (Å²) in [5, 5.41) is 1.16. The second kappa shape index (κ2) is 7.53. The molecule has 0 unspecified atom stereocenters. The number of aromatic nitrogens is 1. The zero-order valence-electron chi connectivity index (χ0n) is 16.7. The average Bonchev–Trinajstić information content (AvgIpc) is 3.44. The van der Waals surface area contributed by atoms with Crippen LogP contribution in [-0.2, 0) is 16.0 Å². The predicted octanol–water partition coefficient (Wildman–Crippen LogP) is 3.20. The van der Waals surface area contributed by atoms with Gasteiger partial charge in [0, 0.05) is 36.7 Å². The van der Waals surface area contributed by atoms with Gasteiger partial charge in [-0.25, -0.2) is 0 Å². The number of rotatable bonds is 4. The van der Waals surface area contributed by atoms with E-state index >= 15 is 0 Å². The number of nitrogens with one attached hydrogen (secondary N) is 1. The third-order valence-electron chi connectivity index (χ3n) is 6.91. The van der Waals surface area contributed by atoms with Gasteiger partial charge in [-0.05, 0) is 62.7 Å². The van der Waals surface area contributed by atoms with Crippen LogP contribution in [0.3, 0.4) is 0 Å². The van der Waals surface area contributed by atoms with Crippen molar-refractivity contribution in [3.63, 3.8) is 0 Å². The third kappa shape index (κ3) is 3.58. The predicted molar refractivity (Wildman–Crippen MR) is 110 cm³/mol. The summed E-state index contributed by atoms with van der Waals surface area (Å²) in [5.74, 6) is 0.859. The van der Waals surface area contributed by atoms with E-state index in [1.165, 1.54) is 32.5 Å². The van der Waals surface area contributed by atoms with Gasteiger partial charge < -0.3 is 19.5 Å². The van der Waals surface area contributed by atoms with Crippen LogP contribution in [0.5, 0.6) is 0 Å². The first-order valence-corrected chi connectivity index (χ1v) is 10.9. The SMILES string of the molecule is O=C(Cc1c[nH]c2ccccc12)N1CCC[C@]2(C[C@@H](CN3CCCC3)CO2)C1. The molecule has 0 saturated carbocycles. The van der Waals surface area contributed by atoms with Crippen LogP contribution in [0.25, 0.3) is 10.9 Å². The number of carbonyl (C=O) groups is 1. The van der Waals surface area contributed by atoms with E-state index in [1.807, 2.05) is 18.3 Å². The van der Waals surface area contributed by atoms with E-state index in [2.05, 4.69) is 26.9 Å². The smallest absolute Gasteiger partial charge is 0.227 e. The molecule has 5 heteroatoms. The Labute approximate surface area is 167 Å².